The second-order valence-corrected chi connectivity index (χ2v) is 7.71. The van der Waals surface area contributed by atoms with Crippen molar-refractivity contribution in [3.63, 3.8) is 0 Å². The second-order valence-electron chi connectivity index (χ2n) is 6.02. The summed E-state index contributed by atoms with van der Waals surface area (Å²) in [4.78, 5) is 9.71. The molecule has 0 saturated carbocycles. The lowest BCUT2D eigenvalue weighted by Gasteiger charge is -2.29. The van der Waals surface area contributed by atoms with Crippen LogP contribution in [0.15, 0.2) is 35.6 Å². The molecule has 0 spiro atoms. The maximum Gasteiger partial charge on any atom is 0.146 e. The third-order valence-electron chi connectivity index (χ3n) is 3.60. The number of pyridine rings is 1. The Kier molecular flexibility index (Phi) is 7.54. The van der Waals surface area contributed by atoms with E-state index < -0.39 is 5.54 Å². The molecule has 1 N–H and O–H groups in total. The highest BCUT2D eigenvalue weighted by Crippen LogP contribution is 2.22. The highest BCUT2D eigenvalue weighted by atomic mass is 127. The van der Waals surface area contributed by atoms with Crippen LogP contribution in [0.25, 0.3) is 10.9 Å². The molecule has 2 atom stereocenters. The monoisotopic (exact) mass is 487 g/mol. The van der Waals surface area contributed by atoms with Gasteiger partial charge >= 0.3 is 0 Å². The van der Waals surface area contributed by atoms with Crippen LogP contribution < -0.4 is 10.1 Å². The molecule has 0 saturated heterocycles. The van der Waals surface area contributed by atoms with Crippen molar-refractivity contribution in [1.29, 1.82) is 0 Å². The van der Waals surface area contributed by atoms with E-state index in [1.54, 1.807) is 13.3 Å². The number of rotatable bonds is 8. The van der Waals surface area contributed by atoms with Crippen molar-refractivity contribution in [2.45, 2.75) is 25.5 Å². The Labute approximate surface area is 172 Å². The topological polar surface area (TPSA) is 65.0 Å². The van der Waals surface area contributed by atoms with Crippen molar-refractivity contribution in [3.05, 3.63) is 34.0 Å². The number of hydrogen-bond donors (Lipinski definition) is 1. The molecule has 0 bridgehead atoms. The van der Waals surface area contributed by atoms with Gasteiger partial charge in [-0.25, -0.2) is 0 Å². The van der Waals surface area contributed by atoms with Crippen LogP contribution in [0, 0.1) is 3.57 Å². The zero-order valence-electron chi connectivity index (χ0n) is 15.2. The normalized spacial score (nSPS) is 14.8. The summed E-state index contributed by atoms with van der Waals surface area (Å²) in [5.41, 5.74) is 0.331. The predicted octanol–water partition coefficient (Wildman–Crippen LogP) is 3.56. The number of thiocarbonyl (C=S) groups is 1. The van der Waals surface area contributed by atoms with Crippen LogP contribution in [-0.2, 0) is 9.57 Å². The van der Waals surface area contributed by atoms with Gasteiger partial charge in [0.2, 0.25) is 0 Å². The molecule has 1 aromatic carbocycles. The van der Waals surface area contributed by atoms with E-state index >= 15 is 0 Å². The van der Waals surface area contributed by atoms with Gasteiger partial charge in [0.05, 0.1) is 23.9 Å². The van der Waals surface area contributed by atoms with Crippen molar-refractivity contribution >= 4 is 56.9 Å². The van der Waals surface area contributed by atoms with Crippen molar-refractivity contribution in [1.82, 2.24) is 10.3 Å². The SMILES string of the molecule is COCC(C)(C=NOC)NC(=S)C(C)Oc1ccc2ncc(I)cc2c1. The van der Waals surface area contributed by atoms with Gasteiger partial charge in [-0.1, -0.05) is 17.4 Å². The lowest BCUT2D eigenvalue weighted by atomic mass is 10.1. The van der Waals surface area contributed by atoms with Gasteiger partial charge in [0.1, 0.15) is 24.0 Å². The van der Waals surface area contributed by atoms with Crippen LogP contribution in [0.2, 0.25) is 0 Å². The van der Waals surface area contributed by atoms with E-state index in [1.807, 2.05) is 38.2 Å². The van der Waals surface area contributed by atoms with Crippen LogP contribution in [-0.4, -0.2) is 48.7 Å². The first-order valence-corrected chi connectivity index (χ1v) is 9.46. The maximum absolute atomic E-state index is 6.00. The van der Waals surface area contributed by atoms with Gasteiger partial charge in [0.15, 0.2) is 0 Å². The Bertz CT molecular complexity index is 802. The van der Waals surface area contributed by atoms with Gasteiger partial charge in [-0.3, -0.25) is 4.98 Å². The maximum atomic E-state index is 6.00. The Balaban J connectivity index is 2.09. The smallest absolute Gasteiger partial charge is 0.146 e. The summed E-state index contributed by atoms with van der Waals surface area (Å²) in [6.45, 7) is 4.20. The molecular formula is C18H22IN3O3S. The molecule has 140 valence electrons. The summed E-state index contributed by atoms with van der Waals surface area (Å²) in [5, 5.41) is 8.08. The number of hydrogen-bond acceptors (Lipinski definition) is 6. The number of oxime groups is 1. The average Bonchev–Trinajstić information content (AvgIpc) is 2.59. The minimum absolute atomic E-state index is 0.328. The summed E-state index contributed by atoms with van der Waals surface area (Å²) in [7, 11) is 3.11. The van der Waals surface area contributed by atoms with E-state index in [2.05, 4.69) is 44.1 Å². The Morgan fingerprint density at radius 2 is 2.19 bits per heavy atom. The lowest BCUT2D eigenvalue weighted by Crippen LogP contribution is -2.53. The van der Waals surface area contributed by atoms with Gasteiger partial charge in [0.25, 0.3) is 0 Å². The summed E-state index contributed by atoms with van der Waals surface area (Å²) in [5.74, 6) is 0.733. The number of methoxy groups -OCH3 is 1. The first-order chi connectivity index (χ1) is 12.4. The molecule has 2 rings (SSSR count). The van der Waals surface area contributed by atoms with E-state index in [1.165, 1.54) is 7.11 Å². The van der Waals surface area contributed by atoms with Crippen molar-refractivity contribution in [3.8, 4) is 5.75 Å². The van der Waals surface area contributed by atoms with Crippen molar-refractivity contribution in [2.75, 3.05) is 20.8 Å². The molecule has 1 aromatic heterocycles. The fourth-order valence-electron chi connectivity index (χ4n) is 2.37. The van der Waals surface area contributed by atoms with Crippen molar-refractivity contribution in [2.24, 2.45) is 5.16 Å². The van der Waals surface area contributed by atoms with Crippen LogP contribution in [0.4, 0.5) is 0 Å². The quantitative estimate of drug-likeness (QED) is 0.266. The second kappa shape index (κ2) is 9.43. The zero-order chi connectivity index (χ0) is 19.2. The average molecular weight is 487 g/mol. The molecule has 0 aliphatic rings. The van der Waals surface area contributed by atoms with Gasteiger partial charge in [-0.05, 0) is 60.7 Å². The third kappa shape index (κ3) is 5.75. The standard InChI is InChI=1S/C18H22IN3O3S/c1-12(17(26)22-18(2,11-23-3)10-21-24-4)25-15-5-6-16-13(8-15)7-14(19)9-20-16/h5-10,12H,11H2,1-4H3,(H,22,26). The molecule has 0 amide bonds. The number of benzene rings is 1. The highest BCUT2D eigenvalue weighted by molar-refractivity contribution is 14.1. The molecule has 1 heterocycles. The zero-order valence-corrected chi connectivity index (χ0v) is 18.1. The first kappa shape index (κ1) is 20.8. The molecule has 0 aliphatic carbocycles. The summed E-state index contributed by atoms with van der Waals surface area (Å²) in [6.07, 6.45) is 3.13. The number of nitrogens with one attached hydrogen (secondary N) is 1. The van der Waals surface area contributed by atoms with Crippen LogP contribution in [0.3, 0.4) is 0 Å². The summed E-state index contributed by atoms with van der Waals surface area (Å²) < 4.78 is 12.3. The van der Waals surface area contributed by atoms with E-state index in [-0.39, 0.29) is 6.10 Å². The molecule has 6 nitrogen and oxygen atoms in total. The van der Waals surface area contributed by atoms with Crippen LogP contribution in [0.5, 0.6) is 5.75 Å². The van der Waals surface area contributed by atoms with E-state index in [0.29, 0.717) is 11.6 Å². The first-order valence-electron chi connectivity index (χ1n) is 7.97. The molecular weight excluding hydrogens is 465 g/mol. The largest absolute Gasteiger partial charge is 0.484 e. The Morgan fingerprint density at radius 1 is 1.42 bits per heavy atom. The lowest BCUT2D eigenvalue weighted by molar-refractivity contribution is 0.155. The molecule has 2 unspecified atom stereocenters. The minimum Gasteiger partial charge on any atom is -0.484 e. The van der Waals surface area contributed by atoms with Gasteiger partial charge in [-0.2, -0.15) is 0 Å². The van der Waals surface area contributed by atoms with E-state index in [4.69, 9.17) is 26.5 Å². The van der Waals surface area contributed by atoms with E-state index in [9.17, 15) is 0 Å². The number of halogens is 1. The molecule has 0 fully saturated rings. The van der Waals surface area contributed by atoms with Crippen LogP contribution in [0.1, 0.15) is 13.8 Å². The molecule has 0 radical (unpaired) electrons. The van der Waals surface area contributed by atoms with Gasteiger partial charge in [-0.15, -0.1) is 0 Å². The summed E-state index contributed by atoms with van der Waals surface area (Å²) >= 11 is 7.74. The van der Waals surface area contributed by atoms with Gasteiger partial charge in [0, 0.05) is 22.3 Å². The number of nitrogens with zero attached hydrogens (tertiary/aromatic N) is 2. The minimum atomic E-state index is -0.594. The number of aromatic nitrogens is 1. The number of ether oxygens (including phenoxy) is 2. The summed E-state index contributed by atoms with van der Waals surface area (Å²) in [6, 6.07) is 7.85. The predicted molar refractivity (Wildman–Crippen MR) is 116 cm³/mol. The van der Waals surface area contributed by atoms with Crippen molar-refractivity contribution < 1.29 is 14.3 Å². The molecule has 0 aliphatic heterocycles. The Hall–Kier alpha value is -1.52. The molecule has 2 aromatic rings. The number of fused-ring (bicyclic) bond motifs is 1. The highest BCUT2D eigenvalue weighted by Gasteiger charge is 2.26. The Morgan fingerprint density at radius 3 is 2.88 bits per heavy atom. The molecule has 8 heteroatoms. The van der Waals surface area contributed by atoms with E-state index in [0.717, 1.165) is 20.2 Å². The fourth-order valence-corrected chi connectivity index (χ4v) is 3.13. The van der Waals surface area contributed by atoms with Crippen LogP contribution >= 0.6 is 34.8 Å². The molecule has 26 heavy (non-hydrogen) atoms. The fraction of sp³-hybridized carbons (Fsp3) is 0.389. The third-order valence-corrected chi connectivity index (χ3v) is 4.62. The van der Waals surface area contributed by atoms with Gasteiger partial charge < -0.3 is 19.6 Å².